The van der Waals surface area contributed by atoms with Crippen LogP contribution in [0.3, 0.4) is 0 Å². The number of thioether (sulfide) groups is 1. The van der Waals surface area contributed by atoms with Crippen LogP contribution in [0.25, 0.3) is 0 Å². The van der Waals surface area contributed by atoms with Crippen molar-refractivity contribution in [2.45, 2.75) is 6.92 Å². The second-order valence-corrected chi connectivity index (χ2v) is 4.14. The van der Waals surface area contributed by atoms with Gasteiger partial charge in [0, 0.05) is 6.08 Å². The molecule has 0 amide bonds. The number of esters is 1. The van der Waals surface area contributed by atoms with Gasteiger partial charge in [0.25, 0.3) is 0 Å². The fourth-order valence-electron chi connectivity index (χ4n) is 1.19. The Morgan fingerprint density at radius 3 is 2.83 bits per heavy atom. The molecule has 2 unspecified atom stereocenters. The maximum absolute atomic E-state index is 10.8. The number of allylic oxidation sites excluding steroid dienone is 1. The molecule has 0 aliphatic carbocycles. The molecule has 0 aromatic rings. The lowest BCUT2D eigenvalue weighted by Crippen LogP contribution is -2.06. The van der Waals surface area contributed by atoms with Gasteiger partial charge in [0.05, 0.1) is 7.11 Å². The van der Waals surface area contributed by atoms with Crippen LogP contribution in [-0.4, -0.2) is 24.6 Å². The smallest absolute Gasteiger partial charge is 0.330 e. The molecule has 1 rings (SSSR count). The van der Waals surface area contributed by atoms with Crippen molar-refractivity contribution in [3.05, 3.63) is 12.2 Å². The van der Waals surface area contributed by atoms with E-state index in [1.54, 1.807) is 0 Å². The van der Waals surface area contributed by atoms with Crippen molar-refractivity contribution in [1.29, 1.82) is 0 Å². The molecule has 1 aliphatic rings. The summed E-state index contributed by atoms with van der Waals surface area (Å²) in [6, 6.07) is 0. The number of methoxy groups -OCH3 is 1. The van der Waals surface area contributed by atoms with Gasteiger partial charge >= 0.3 is 5.97 Å². The van der Waals surface area contributed by atoms with Gasteiger partial charge in [-0.3, -0.25) is 0 Å². The molecular formula is C9H14O2S. The summed E-state index contributed by atoms with van der Waals surface area (Å²) in [6.07, 6.45) is 3.50. The third-order valence-electron chi connectivity index (χ3n) is 2.10. The molecule has 1 fully saturated rings. The average Bonchev–Trinajstić information content (AvgIpc) is 2.47. The number of carbonyl (C=O) groups is 1. The maximum Gasteiger partial charge on any atom is 0.330 e. The van der Waals surface area contributed by atoms with E-state index in [0.29, 0.717) is 11.8 Å². The van der Waals surface area contributed by atoms with Crippen molar-refractivity contribution in [2.75, 3.05) is 18.6 Å². The second kappa shape index (κ2) is 4.55. The minimum Gasteiger partial charge on any atom is -0.466 e. The molecular weight excluding hydrogens is 172 g/mol. The Morgan fingerprint density at radius 2 is 2.33 bits per heavy atom. The molecule has 0 aromatic heterocycles. The quantitative estimate of drug-likeness (QED) is 0.485. The molecule has 0 saturated carbocycles. The maximum atomic E-state index is 10.8. The summed E-state index contributed by atoms with van der Waals surface area (Å²) >= 11 is 1.95. The summed E-state index contributed by atoms with van der Waals surface area (Å²) in [5.74, 6) is 3.33. The first-order valence-corrected chi connectivity index (χ1v) is 5.23. The summed E-state index contributed by atoms with van der Waals surface area (Å²) in [7, 11) is 1.40. The molecule has 0 radical (unpaired) electrons. The van der Waals surface area contributed by atoms with E-state index in [-0.39, 0.29) is 5.97 Å². The Kier molecular flexibility index (Phi) is 3.66. The van der Waals surface area contributed by atoms with Gasteiger partial charge in [-0.2, -0.15) is 11.8 Å². The Labute approximate surface area is 77.4 Å². The zero-order chi connectivity index (χ0) is 8.97. The molecule has 12 heavy (non-hydrogen) atoms. The molecule has 0 bridgehead atoms. The van der Waals surface area contributed by atoms with Crippen LogP contribution in [0.1, 0.15) is 6.92 Å². The first kappa shape index (κ1) is 9.65. The van der Waals surface area contributed by atoms with Crippen molar-refractivity contribution >= 4 is 17.7 Å². The molecule has 0 spiro atoms. The minimum absolute atomic E-state index is 0.251. The SMILES string of the molecule is COC(=O)/C=C/C1CSCC1C. The van der Waals surface area contributed by atoms with Crippen molar-refractivity contribution in [3.8, 4) is 0 Å². The van der Waals surface area contributed by atoms with E-state index < -0.39 is 0 Å². The predicted molar refractivity (Wildman–Crippen MR) is 51.1 cm³/mol. The van der Waals surface area contributed by atoms with Gasteiger partial charge in [-0.15, -0.1) is 0 Å². The lowest BCUT2D eigenvalue weighted by atomic mass is 9.98. The summed E-state index contributed by atoms with van der Waals surface area (Å²) < 4.78 is 4.51. The number of hydrogen-bond acceptors (Lipinski definition) is 3. The van der Waals surface area contributed by atoms with E-state index in [1.807, 2.05) is 17.8 Å². The third kappa shape index (κ3) is 2.55. The summed E-state index contributed by atoms with van der Waals surface area (Å²) in [4.78, 5) is 10.8. The molecule has 2 atom stereocenters. The van der Waals surface area contributed by atoms with Crippen LogP contribution in [-0.2, 0) is 9.53 Å². The molecule has 0 aromatic carbocycles. The fraction of sp³-hybridized carbons (Fsp3) is 0.667. The van der Waals surface area contributed by atoms with Crippen molar-refractivity contribution < 1.29 is 9.53 Å². The van der Waals surface area contributed by atoms with Crippen LogP contribution in [0, 0.1) is 11.8 Å². The van der Waals surface area contributed by atoms with Gasteiger partial charge in [-0.25, -0.2) is 4.79 Å². The zero-order valence-electron chi connectivity index (χ0n) is 7.45. The monoisotopic (exact) mass is 186 g/mol. The topological polar surface area (TPSA) is 26.3 Å². The van der Waals surface area contributed by atoms with Gasteiger partial charge in [0.2, 0.25) is 0 Å². The molecule has 1 saturated heterocycles. The highest BCUT2D eigenvalue weighted by Gasteiger charge is 2.21. The molecule has 68 valence electrons. The first-order chi connectivity index (χ1) is 5.74. The van der Waals surface area contributed by atoms with Crippen LogP contribution < -0.4 is 0 Å². The normalized spacial score (nSPS) is 29.5. The lowest BCUT2D eigenvalue weighted by Gasteiger charge is -2.07. The first-order valence-electron chi connectivity index (χ1n) is 4.08. The van der Waals surface area contributed by atoms with Crippen LogP contribution >= 0.6 is 11.8 Å². The predicted octanol–water partition coefficient (Wildman–Crippen LogP) is 1.71. The minimum atomic E-state index is -0.251. The van der Waals surface area contributed by atoms with Crippen molar-refractivity contribution in [2.24, 2.45) is 11.8 Å². The molecule has 2 nitrogen and oxygen atoms in total. The van der Waals surface area contributed by atoms with Gasteiger partial charge < -0.3 is 4.74 Å². The van der Waals surface area contributed by atoms with Gasteiger partial charge in [0.15, 0.2) is 0 Å². The number of hydrogen-bond donors (Lipinski definition) is 0. The van der Waals surface area contributed by atoms with Gasteiger partial charge in [-0.1, -0.05) is 13.0 Å². The van der Waals surface area contributed by atoms with E-state index in [2.05, 4.69) is 11.7 Å². The van der Waals surface area contributed by atoms with Gasteiger partial charge in [0.1, 0.15) is 0 Å². The van der Waals surface area contributed by atoms with E-state index in [9.17, 15) is 4.79 Å². The van der Waals surface area contributed by atoms with E-state index in [1.165, 1.54) is 18.9 Å². The molecule has 1 aliphatic heterocycles. The largest absolute Gasteiger partial charge is 0.466 e. The summed E-state index contributed by atoms with van der Waals surface area (Å²) in [5.41, 5.74) is 0. The average molecular weight is 186 g/mol. The van der Waals surface area contributed by atoms with Gasteiger partial charge in [-0.05, 0) is 23.3 Å². The molecule has 0 N–H and O–H groups in total. The van der Waals surface area contributed by atoms with Crippen molar-refractivity contribution in [1.82, 2.24) is 0 Å². The standard InChI is InChI=1S/C9H14O2S/c1-7-5-12-6-8(7)3-4-9(10)11-2/h3-4,7-8H,5-6H2,1-2H3/b4-3+. The Bertz CT molecular complexity index is 189. The summed E-state index contributed by atoms with van der Waals surface area (Å²) in [6.45, 7) is 2.21. The van der Waals surface area contributed by atoms with Crippen LogP contribution in [0.4, 0.5) is 0 Å². The number of carbonyl (C=O) groups excluding carboxylic acids is 1. The van der Waals surface area contributed by atoms with Crippen LogP contribution in [0.5, 0.6) is 0 Å². The van der Waals surface area contributed by atoms with Crippen molar-refractivity contribution in [3.63, 3.8) is 0 Å². The highest BCUT2D eigenvalue weighted by molar-refractivity contribution is 7.99. The molecule has 1 heterocycles. The zero-order valence-corrected chi connectivity index (χ0v) is 8.26. The summed E-state index contributed by atoms with van der Waals surface area (Å²) in [5, 5.41) is 0. The number of ether oxygens (including phenoxy) is 1. The number of rotatable bonds is 2. The Morgan fingerprint density at radius 1 is 1.58 bits per heavy atom. The van der Waals surface area contributed by atoms with E-state index in [4.69, 9.17) is 0 Å². The van der Waals surface area contributed by atoms with E-state index >= 15 is 0 Å². The Balaban J connectivity index is 2.39. The molecule has 3 heteroatoms. The highest BCUT2D eigenvalue weighted by Crippen LogP contribution is 2.30. The Hall–Kier alpha value is -0.440. The second-order valence-electron chi connectivity index (χ2n) is 3.06. The third-order valence-corrected chi connectivity index (χ3v) is 3.48. The highest BCUT2D eigenvalue weighted by atomic mass is 32.2. The lowest BCUT2D eigenvalue weighted by molar-refractivity contribution is -0.134. The van der Waals surface area contributed by atoms with Crippen LogP contribution in [0.2, 0.25) is 0 Å². The fourth-order valence-corrected chi connectivity index (χ4v) is 2.66. The van der Waals surface area contributed by atoms with Crippen LogP contribution in [0.15, 0.2) is 12.2 Å². The van der Waals surface area contributed by atoms with E-state index in [0.717, 1.165) is 5.75 Å².